The van der Waals surface area contributed by atoms with Gasteiger partial charge in [0.05, 0.1) is 27.8 Å². The van der Waals surface area contributed by atoms with Crippen LogP contribution in [-0.2, 0) is 0 Å². The molecule has 0 amide bonds. The van der Waals surface area contributed by atoms with Crippen LogP contribution in [0.15, 0.2) is 175 Å². The van der Waals surface area contributed by atoms with Crippen molar-refractivity contribution in [1.29, 1.82) is 0 Å². The summed E-state index contributed by atoms with van der Waals surface area (Å²) in [5.74, 6) is 0. The fraction of sp³-hybridized carbons (Fsp3) is 0.0435. The highest BCUT2D eigenvalue weighted by Gasteiger charge is 2.20. The van der Waals surface area contributed by atoms with Crippen LogP contribution in [0.1, 0.15) is 6.92 Å². The van der Waals surface area contributed by atoms with Gasteiger partial charge in [-0.15, -0.1) is 6.58 Å². The minimum Gasteiger partial charge on any atom is -0.453 e. The highest BCUT2D eigenvalue weighted by atomic mass is 32.1. The summed E-state index contributed by atoms with van der Waals surface area (Å²) in [5.41, 5.74) is 11.0. The quantitative estimate of drug-likeness (QED) is 0.147. The lowest BCUT2D eigenvalue weighted by Gasteiger charge is -2.08. The molecule has 7 aromatic carbocycles. The van der Waals surface area contributed by atoms with E-state index < -0.39 is 0 Å². The average Bonchev–Trinajstić information content (AvgIpc) is 3.84. The molecule has 0 saturated carbocycles. The molecule has 0 atom stereocenters. The molecule has 0 saturated heterocycles. The lowest BCUT2D eigenvalue weighted by atomic mass is 10.00. The maximum Gasteiger partial charge on any atom is 0.159 e. The van der Waals surface area contributed by atoms with Gasteiger partial charge < -0.3 is 13.6 Å². The van der Waals surface area contributed by atoms with Gasteiger partial charge in [-0.25, -0.2) is 0 Å². The summed E-state index contributed by atoms with van der Waals surface area (Å²) >= 11 is 3.53. The Balaban J connectivity index is 0.000000688. The van der Waals surface area contributed by atoms with Gasteiger partial charge in [-0.3, -0.25) is 0 Å². The van der Waals surface area contributed by atoms with Crippen LogP contribution >= 0.6 is 12.6 Å². The molecule has 0 fully saturated rings. The summed E-state index contributed by atoms with van der Waals surface area (Å²) in [7, 11) is 0. The monoisotopic (exact) mass is 664 g/mol. The van der Waals surface area contributed by atoms with Gasteiger partial charge in [0.2, 0.25) is 0 Å². The number of hydrogen-bond acceptors (Lipinski definition) is 2. The molecule has 0 N–H and O–H groups in total. The van der Waals surface area contributed by atoms with Crippen molar-refractivity contribution in [2.24, 2.45) is 0 Å². The van der Waals surface area contributed by atoms with Gasteiger partial charge in [0.15, 0.2) is 5.58 Å². The zero-order valence-corrected chi connectivity index (χ0v) is 28.9. The minimum absolute atomic E-state index is 0.896. The molecule has 3 nitrogen and oxygen atoms in total. The molecule has 0 aliphatic carbocycles. The van der Waals surface area contributed by atoms with Crippen LogP contribution < -0.4 is 0 Å². The normalized spacial score (nSPS) is 11.2. The largest absolute Gasteiger partial charge is 0.453 e. The predicted molar refractivity (Wildman–Crippen MR) is 219 cm³/mol. The second kappa shape index (κ2) is 13.1. The second-order valence-corrected chi connectivity index (χ2v) is 12.1. The fourth-order valence-electron chi connectivity index (χ4n) is 7.39. The summed E-state index contributed by atoms with van der Waals surface area (Å²) in [6.45, 7) is 5.25. The van der Waals surface area contributed by atoms with Gasteiger partial charge in [-0.05, 0) is 67.3 Å². The number of allylic oxidation sites excluding steroid dienone is 1. The molecule has 0 aliphatic heterocycles. The molecule has 3 heterocycles. The number of para-hydroxylation sites is 6. The van der Waals surface area contributed by atoms with Crippen molar-refractivity contribution in [3.8, 4) is 22.5 Å². The summed E-state index contributed by atoms with van der Waals surface area (Å²) in [6.07, 6.45) is 3.44. The lowest BCUT2D eigenvalue weighted by molar-refractivity contribution is 0.667. The Morgan fingerprint density at radius 1 is 0.480 bits per heavy atom. The Kier molecular flexibility index (Phi) is 8.23. The summed E-state index contributed by atoms with van der Waals surface area (Å²) in [6, 6.07) is 56.3. The molecule has 3 aromatic heterocycles. The molecule has 10 rings (SSSR count). The first-order valence-corrected chi connectivity index (χ1v) is 17.7. The Bertz CT molecular complexity index is 2770. The molecule has 50 heavy (non-hydrogen) atoms. The maximum absolute atomic E-state index is 6.94. The highest BCUT2D eigenvalue weighted by molar-refractivity contribution is 7.79. The molecule has 4 heteroatoms. The van der Waals surface area contributed by atoms with Crippen LogP contribution in [0.3, 0.4) is 0 Å². The van der Waals surface area contributed by atoms with Gasteiger partial charge in [0.1, 0.15) is 5.58 Å². The van der Waals surface area contributed by atoms with Crippen LogP contribution in [0.4, 0.5) is 0 Å². The third-order valence-electron chi connectivity index (χ3n) is 9.32. The van der Waals surface area contributed by atoms with Crippen molar-refractivity contribution in [2.45, 2.75) is 6.92 Å². The van der Waals surface area contributed by atoms with Crippen LogP contribution in [0.25, 0.3) is 88.1 Å². The molecule has 10 aromatic rings. The van der Waals surface area contributed by atoms with E-state index in [-0.39, 0.29) is 0 Å². The maximum atomic E-state index is 6.94. The van der Waals surface area contributed by atoms with Crippen LogP contribution in [0.5, 0.6) is 0 Å². The Morgan fingerprint density at radius 2 is 0.960 bits per heavy atom. The first kappa shape index (κ1) is 31.3. The van der Waals surface area contributed by atoms with Gasteiger partial charge in [-0.2, -0.15) is 12.6 Å². The number of aromatic nitrogens is 2. The Morgan fingerprint density at radius 3 is 1.60 bits per heavy atom. The van der Waals surface area contributed by atoms with Crippen molar-refractivity contribution in [3.05, 3.63) is 170 Å². The van der Waals surface area contributed by atoms with E-state index >= 15 is 0 Å². The first-order valence-electron chi connectivity index (χ1n) is 16.8. The van der Waals surface area contributed by atoms with Crippen molar-refractivity contribution < 1.29 is 4.42 Å². The van der Waals surface area contributed by atoms with Gasteiger partial charge in [0.25, 0.3) is 0 Å². The van der Waals surface area contributed by atoms with Crippen LogP contribution in [0.2, 0.25) is 0 Å². The molecular weight excluding hydrogens is 629 g/mol. The second-order valence-electron chi connectivity index (χ2n) is 12.1. The smallest absolute Gasteiger partial charge is 0.159 e. The van der Waals surface area contributed by atoms with E-state index in [1.807, 2.05) is 6.92 Å². The van der Waals surface area contributed by atoms with Crippen molar-refractivity contribution >= 4 is 78.2 Å². The number of fused-ring (bicyclic) bond motifs is 9. The zero-order chi connectivity index (χ0) is 34.2. The number of rotatable bonds is 3. The van der Waals surface area contributed by atoms with Gasteiger partial charge in [0, 0.05) is 43.6 Å². The third kappa shape index (κ3) is 4.91. The van der Waals surface area contributed by atoms with Gasteiger partial charge >= 0.3 is 0 Å². The first-order chi connectivity index (χ1) is 24.8. The molecule has 0 spiro atoms. The Hall–Kier alpha value is -5.97. The highest BCUT2D eigenvalue weighted by Crippen LogP contribution is 2.42. The fourth-order valence-corrected chi connectivity index (χ4v) is 7.39. The summed E-state index contributed by atoms with van der Waals surface area (Å²) < 4.78 is 11.6. The van der Waals surface area contributed by atoms with Crippen LogP contribution in [-0.4, -0.2) is 15.4 Å². The molecule has 242 valence electrons. The standard InChI is InChI=1S/C42H26N2O.C3H6.CH4S/c1-2-12-28(13-3-1)43-36-20-7-6-16-32(36)35-26-27(24-25-39(35)43)29-17-10-18-33-34-19-11-23-40(42(34)45-41(29)33)44-37-21-8-4-14-30(37)31-15-5-9-22-38(31)44;1-3-2;1-2/h1-26H;3H,1H2,2H3;2H,1H3. The predicted octanol–water partition coefficient (Wildman–Crippen LogP) is 13.2. The summed E-state index contributed by atoms with van der Waals surface area (Å²) in [5, 5.41) is 7.19. The zero-order valence-electron chi connectivity index (χ0n) is 28.0. The number of thiol groups is 1. The molecule has 0 aliphatic rings. The van der Waals surface area contributed by atoms with Crippen molar-refractivity contribution in [3.63, 3.8) is 0 Å². The van der Waals surface area contributed by atoms with E-state index in [1.165, 1.54) is 43.6 Å². The topological polar surface area (TPSA) is 23.0 Å². The number of hydrogen-bond donors (Lipinski definition) is 1. The van der Waals surface area contributed by atoms with E-state index in [4.69, 9.17) is 4.42 Å². The SMILES string of the molecule is C=CC.CS.c1ccc(-n2c3ccccc3c3cc(-c4cccc5c4oc4c(-n6c7ccccc7c7ccccc76)cccc45)ccc32)cc1. The number of benzene rings is 7. The van der Waals surface area contributed by atoms with E-state index in [1.54, 1.807) is 12.3 Å². The lowest BCUT2D eigenvalue weighted by Crippen LogP contribution is -1.93. The van der Waals surface area contributed by atoms with E-state index in [0.29, 0.717) is 0 Å². The van der Waals surface area contributed by atoms with Gasteiger partial charge in [-0.1, -0.05) is 115 Å². The van der Waals surface area contributed by atoms with Crippen molar-refractivity contribution in [1.82, 2.24) is 9.13 Å². The molecular formula is C46H36N2OS. The van der Waals surface area contributed by atoms with E-state index in [9.17, 15) is 0 Å². The number of furan rings is 1. The summed E-state index contributed by atoms with van der Waals surface area (Å²) in [4.78, 5) is 0. The Labute approximate surface area is 296 Å². The minimum atomic E-state index is 0.896. The van der Waals surface area contributed by atoms with Crippen molar-refractivity contribution in [2.75, 3.05) is 6.26 Å². The molecule has 0 bridgehead atoms. The molecule has 0 radical (unpaired) electrons. The third-order valence-corrected chi connectivity index (χ3v) is 9.32. The number of nitrogens with zero attached hydrogens (tertiary/aromatic N) is 2. The van der Waals surface area contributed by atoms with E-state index in [2.05, 4.69) is 186 Å². The van der Waals surface area contributed by atoms with E-state index in [0.717, 1.165) is 44.4 Å². The molecule has 0 unspecified atom stereocenters. The van der Waals surface area contributed by atoms with Crippen LogP contribution in [0, 0.1) is 0 Å². The average molecular weight is 665 g/mol.